The van der Waals surface area contributed by atoms with Gasteiger partial charge in [-0.2, -0.15) is 4.31 Å². The Morgan fingerprint density at radius 2 is 2.07 bits per heavy atom. The summed E-state index contributed by atoms with van der Waals surface area (Å²) in [6.45, 7) is 3.30. The topological polar surface area (TPSA) is 79.4 Å². The lowest BCUT2D eigenvalue weighted by atomic mass is 9.94. The number of aryl methyl sites for hydroxylation is 1. The van der Waals surface area contributed by atoms with E-state index in [0.29, 0.717) is 37.4 Å². The molecule has 1 aliphatic heterocycles. The van der Waals surface area contributed by atoms with Gasteiger partial charge < -0.3 is 5.32 Å². The molecule has 0 bridgehead atoms. The molecule has 1 aromatic heterocycles. The van der Waals surface area contributed by atoms with E-state index in [-0.39, 0.29) is 11.8 Å². The summed E-state index contributed by atoms with van der Waals surface area (Å²) in [4.78, 5) is 16.6. The van der Waals surface area contributed by atoms with Crippen LogP contribution in [0.3, 0.4) is 0 Å². The Bertz CT molecular complexity index is 900. The average Bonchev–Trinajstić information content (AvgIpc) is 2.72. The molecule has 1 saturated heterocycles. The summed E-state index contributed by atoms with van der Waals surface area (Å²) in [7, 11) is -3.48. The number of carbonyl (C=O) groups is 1. The third-order valence-electron chi connectivity index (χ3n) is 5.19. The number of nitrogens with one attached hydrogen (secondary N) is 1. The molecule has 1 unspecified atom stereocenters. The van der Waals surface area contributed by atoms with Crippen LogP contribution in [0.5, 0.6) is 0 Å². The molecule has 2 heterocycles. The van der Waals surface area contributed by atoms with Gasteiger partial charge >= 0.3 is 0 Å². The third-order valence-corrected chi connectivity index (χ3v) is 7.21. The van der Waals surface area contributed by atoms with E-state index in [9.17, 15) is 13.2 Å². The summed E-state index contributed by atoms with van der Waals surface area (Å²) < 4.78 is 27.6. The fourth-order valence-electron chi connectivity index (χ4n) is 3.59. The first kappa shape index (κ1) is 20.5. The molecular formula is C21H27N3O3S. The maximum Gasteiger partial charge on any atom is 0.243 e. The van der Waals surface area contributed by atoms with Gasteiger partial charge in [0, 0.05) is 38.4 Å². The van der Waals surface area contributed by atoms with Crippen molar-refractivity contribution in [2.45, 2.75) is 44.0 Å². The molecule has 1 atom stereocenters. The molecule has 0 saturated carbocycles. The number of piperidine rings is 1. The number of carbonyl (C=O) groups excluding carboxylic acids is 1. The van der Waals surface area contributed by atoms with Crippen LogP contribution in [-0.2, 0) is 21.4 Å². The van der Waals surface area contributed by atoms with Gasteiger partial charge in [0.15, 0.2) is 0 Å². The number of hydrogen-bond donors (Lipinski definition) is 1. The van der Waals surface area contributed by atoms with Gasteiger partial charge in [-0.05, 0) is 55.4 Å². The van der Waals surface area contributed by atoms with Gasteiger partial charge in [-0.25, -0.2) is 8.42 Å². The van der Waals surface area contributed by atoms with Crippen molar-refractivity contribution in [3.8, 4) is 0 Å². The third kappa shape index (κ3) is 5.17. The van der Waals surface area contributed by atoms with Gasteiger partial charge in [-0.15, -0.1) is 0 Å². The first-order valence-corrected chi connectivity index (χ1v) is 11.1. The predicted molar refractivity (Wildman–Crippen MR) is 108 cm³/mol. The first-order chi connectivity index (χ1) is 13.5. The molecule has 3 rings (SSSR count). The fourth-order valence-corrected chi connectivity index (χ4v) is 5.37. The van der Waals surface area contributed by atoms with Crippen molar-refractivity contribution in [3.63, 3.8) is 0 Å². The highest BCUT2D eigenvalue weighted by Crippen LogP contribution is 2.27. The van der Waals surface area contributed by atoms with Crippen LogP contribution in [0.25, 0.3) is 0 Å². The molecule has 7 heteroatoms. The van der Waals surface area contributed by atoms with Crippen LogP contribution < -0.4 is 5.32 Å². The maximum atomic E-state index is 13.0. The van der Waals surface area contributed by atoms with E-state index in [4.69, 9.17) is 0 Å². The number of nitrogens with zero attached hydrogens (tertiary/aromatic N) is 2. The zero-order valence-electron chi connectivity index (χ0n) is 16.2. The molecule has 1 aliphatic rings. The van der Waals surface area contributed by atoms with Crippen LogP contribution in [0.2, 0.25) is 0 Å². The van der Waals surface area contributed by atoms with Gasteiger partial charge in [0.1, 0.15) is 0 Å². The molecule has 0 spiro atoms. The van der Waals surface area contributed by atoms with Crippen molar-refractivity contribution in [1.82, 2.24) is 14.6 Å². The van der Waals surface area contributed by atoms with Crippen LogP contribution in [0.4, 0.5) is 0 Å². The van der Waals surface area contributed by atoms with Crippen LogP contribution in [0.1, 0.15) is 36.8 Å². The number of amides is 1. The van der Waals surface area contributed by atoms with E-state index in [0.717, 1.165) is 24.0 Å². The largest absolute Gasteiger partial charge is 0.352 e. The van der Waals surface area contributed by atoms with Gasteiger partial charge in [0.2, 0.25) is 15.9 Å². The van der Waals surface area contributed by atoms with Gasteiger partial charge in [-0.1, -0.05) is 24.3 Å². The molecule has 150 valence electrons. The fraction of sp³-hybridized carbons (Fsp3) is 0.429. The highest BCUT2D eigenvalue weighted by atomic mass is 32.2. The lowest BCUT2D eigenvalue weighted by Gasteiger charge is -2.32. The predicted octanol–water partition coefficient (Wildman–Crippen LogP) is 2.89. The number of rotatable bonds is 7. The van der Waals surface area contributed by atoms with E-state index in [1.807, 2.05) is 31.2 Å². The molecule has 0 aliphatic carbocycles. The summed E-state index contributed by atoms with van der Waals surface area (Å²) in [5, 5.41) is 2.90. The van der Waals surface area contributed by atoms with Crippen LogP contribution >= 0.6 is 0 Å². The molecule has 6 nitrogen and oxygen atoms in total. The quantitative estimate of drug-likeness (QED) is 0.774. The van der Waals surface area contributed by atoms with E-state index in [2.05, 4.69) is 10.3 Å². The van der Waals surface area contributed by atoms with Crippen molar-refractivity contribution >= 4 is 15.9 Å². The maximum absolute atomic E-state index is 13.0. The summed E-state index contributed by atoms with van der Waals surface area (Å²) in [6.07, 6.45) is 6.31. The minimum atomic E-state index is -3.48. The molecule has 2 aromatic rings. The molecule has 1 amide bonds. The van der Waals surface area contributed by atoms with Crippen molar-refractivity contribution < 1.29 is 13.2 Å². The number of benzene rings is 1. The standard InChI is InChI=1S/C21H27N3O3S/c1-17-6-2-3-9-20(17)28(26,27)24-13-5-8-18(16-24)10-11-21(25)23-15-19-7-4-12-22-14-19/h2-4,6-7,9,12,14,18H,5,8,10-11,13,15-16H2,1H3,(H,23,25). The second-order valence-corrected chi connectivity index (χ2v) is 9.22. The lowest BCUT2D eigenvalue weighted by Crippen LogP contribution is -2.40. The van der Waals surface area contributed by atoms with Crippen molar-refractivity contribution in [3.05, 3.63) is 59.9 Å². The summed E-state index contributed by atoms with van der Waals surface area (Å²) in [5.74, 6) is 0.194. The van der Waals surface area contributed by atoms with Gasteiger partial charge in [0.25, 0.3) is 0 Å². The van der Waals surface area contributed by atoms with Crippen LogP contribution in [-0.4, -0.2) is 36.7 Å². The Labute approximate surface area is 167 Å². The summed E-state index contributed by atoms with van der Waals surface area (Å²) in [5.41, 5.74) is 1.73. The molecule has 1 fully saturated rings. The summed E-state index contributed by atoms with van der Waals surface area (Å²) >= 11 is 0. The normalized spacial score (nSPS) is 18.0. The molecular weight excluding hydrogens is 374 g/mol. The van der Waals surface area contributed by atoms with Gasteiger partial charge in [-0.3, -0.25) is 9.78 Å². The Morgan fingerprint density at radius 3 is 2.82 bits per heavy atom. The second kappa shape index (κ2) is 9.30. The zero-order valence-corrected chi connectivity index (χ0v) is 17.0. The first-order valence-electron chi connectivity index (χ1n) is 9.68. The van der Waals surface area contributed by atoms with Crippen molar-refractivity contribution in [1.29, 1.82) is 0 Å². The molecule has 1 N–H and O–H groups in total. The highest BCUT2D eigenvalue weighted by molar-refractivity contribution is 7.89. The molecule has 28 heavy (non-hydrogen) atoms. The van der Waals surface area contributed by atoms with E-state index < -0.39 is 10.0 Å². The average molecular weight is 402 g/mol. The number of sulfonamides is 1. The Kier molecular flexibility index (Phi) is 6.80. The van der Waals surface area contributed by atoms with Gasteiger partial charge in [0.05, 0.1) is 4.90 Å². The highest BCUT2D eigenvalue weighted by Gasteiger charge is 2.31. The van der Waals surface area contributed by atoms with Crippen molar-refractivity contribution in [2.24, 2.45) is 5.92 Å². The Balaban J connectivity index is 1.52. The Morgan fingerprint density at radius 1 is 1.25 bits per heavy atom. The van der Waals surface area contributed by atoms with E-state index in [1.165, 1.54) is 0 Å². The Hall–Kier alpha value is -2.25. The van der Waals surface area contributed by atoms with Crippen LogP contribution in [0.15, 0.2) is 53.7 Å². The smallest absolute Gasteiger partial charge is 0.243 e. The zero-order chi connectivity index (χ0) is 20.0. The SMILES string of the molecule is Cc1ccccc1S(=O)(=O)N1CCCC(CCC(=O)NCc2cccnc2)C1. The molecule has 0 radical (unpaired) electrons. The van der Waals surface area contributed by atoms with Crippen LogP contribution in [0, 0.1) is 12.8 Å². The summed E-state index contributed by atoms with van der Waals surface area (Å²) in [6, 6.07) is 10.8. The minimum Gasteiger partial charge on any atom is -0.352 e. The molecule has 1 aromatic carbocycles. The van der Waals surface area contributed by atoms with E-state index >= 15 is 0 Å². The lowest BCUT2D eigenvalue weighted by molar-refractivity contribution is -0.121. The van der Waals surface area contributed by atoms with E-state index in [1.54, 1.807) is 28.8 Å². The number of aromatic nitrogens is 1. The minimum absolute atomic E-state index is 0.0114. The number of hydrogen-bond acceptors (Lipinski definition) is 4. The monoisotopic (exact) mass is 401 g/mol. The number of pyridine rings is 1. The van der Waals surface area contributed by atoms with Crippen molar-refractivity contribution in [2.75, 3.05) is 13.1 Å². The second-order valence-electron chi connectivity index (χ2n) is 7.31.